The number of nitrogens with one attached hydrogen (secondary N) is 1. The van der Waals surface area contributed by atoms with Crippen molar-refractivity contribution in [3.05, 3.63) is 24.3 Å². The number of rotatable bonds is 9. The lowest BCUT2D eigenvalue weighted by Crippen LogP contribution is -2.01. The van der Waals surface area contributed by atoms with Crippen LogP contribution in [0.25, 0.3) is 0 Å². The van der Waals surface area contributed by atoms with Crippen LogP contribution in [-0.4, -0.2) is 11.7 Å². The Morgan fingerprint density at radius 1 is 0.941 bits per heavy atom. The van der Waals surface area contributed by atoms with E-state index < -0.39 is 0 Å². The second kappa shape index (κ2) is 8.91. The largest absolute Gasteiger partial charge is 0.506 e. The zero-order chi connectivity index (χ0) is 12.3. The van der Waals surface area contributed by atoms with E-state index in [1.807, 2.05) is 18.2 Å². The fourth-order valence-electron chi connectivity index (χ4n) is 1.93. The number of benzene rings is 1. The number of hydrogen-bond acceptors (Lipinski definition) is 2. The molecule has 2 nitrogen and oxygen atoms in total. The van der Waals surface area contributed by atoms with Crippen LogP contribution >= 0.6 is 0 Å². The lowest BCUT2D eigenvalue weighted by atomic mass is 10.1. The first kappa shape index (κ1) is 13.9. The molecule has 2 N–H and O–H groups in total. The van der Waals surface area contributed by atoms with Gasteiger partial charge >= 0.3 is 0 Å². The lowest BCUT2D eigenvalue weighted by molar-refractivity contribution is 0.477. The first-order chi connectivity index (χ1) is 8.34. The highest BCUT2D eigenvalue weighted by molar-refractivity contribution is 5.54. The Kier molecular flexibility index (Phi) is 7.28. The van der Waals surface area contributed by atoms with E-state index in [1.54, 1.807) is 6.07 Å². The number of aromatic hydroxyl groups is 1. The Labute approximate surface area is 105 Å². The normalized spacial score (nSPS) is 10.4. The van der Waals surface area contributed by atoms with Crippen molar-refractivity contribution >= 4 is 5.69 Å². The van der Waals surface area contributed by atoms with E-state index in [0.717, 1.165) is 12.2 Å². The summed E-state index contributed by atoms with van der Waals surface area (Å²) in [6, 6.07) is 7.41. The molecule has 0 aliphatic rings. The SMILES string of the molecule is CCCCCCCCCNc1ccccc1O. The highest BCUT2D eigenvalue weighted by Crippen LogP contribution is 2.21. The summed E-state index contributed by atoms with van der Waals surface area (Å²) in [6.07, 6.45) is 9.23. The molecule has 1 aromatic rings. The molecule has 0 saturated carbocycles. The van der Waals surface area contributed by atoms with Crippen molar-refractivity contribution in [2.24, 2.45) is 0 Å². The Morgan fingerprint density at radius 3 is 2.29 bits per heavy atom. The molecule has 1 aromatic carbocycles. The van der Waals surface area contributed by atoms with Crippen molar-refractivity contribution in [3.63, 3.8) is 0 Å². The fourth-order valence-corrected chi connectivity index (χ4v) is 1.93. The summed E-state index contributed by atoms with van der Waals surface area (Å²) in [7, 11) is 0. The van der Waals surface area contributed by atoms with Crippen molar-refractivity contribution in [2.75, 3.05) is 11.9 Å². The highest BCUT2D eigenvalue weighted by atomic mass is 16.3. The molecule has 0 spiro atoms. The molecule has 0 radical (unpaired) electrons. The van der Waals surface area contributed by atoms with Crippen molar-refractivity contribution in [2.45, 2.75) is 51.9 Å². The van der Waals surface area contributed by atoms with Gasteiger partial charge < -0.3 is 10.4 Å². The highest BCUT2D eigenvalue weighted by Gasteiger charge is 1.97. The van der Waals surface area contributed by atoms with Gasteiger partial charge in [0.25, 0.3) is 0 Å². The quantitative estimate of drug-likeness (QED) is 0.486. The molecule has 0 heterocycles. The summed E-state index contributed by atoms with van der Waals surface area (Å²) in [6.45, 7) is 3.20. The van der Waals surface area contributed by atoms with Crippen molar-refractivity contribution in [1.82, 2.24) is 0 Å². The van der Waals surface area contributed by atoms with Gasteiger partial charge in [-0.3, -0.25) is 0 Å². The topological polar surface area (TPSA) is 32.3 Å². The van der Waals surface area contributed by atoms with E-state index in [9.17, 15) is 5.11 Å². The van der Waals surface area contributed by atoms with Gasteiger partial charge in [0.1, 0.15) is 5.75 Å². The van der Waals surface area contributed by atoms with Crippen LogP contribution in [0.4, 0.5) is 5.69 Å². The summed E-state index contributed by atoms with van der Waals surface area (Å²) < 4.78 is 0. The van der Waals surface area contributed by atoms with Crippen LogP contribution in [0.1, 0.15) is 51.9 Å². The standard InChI is InChI=1S/C15H25NO/c1-2-3-4-5-6-7-10-13-16-14-11-8-9-12-15(14)17/h8-9,11-12,16-17H,2-7,10,13H2,1H3. The summed E-state index contributed by atoms with van der Waals surface area (Å²) in [5, 5.41) is 12.8. The van der Waals surface area contributed by atoms with Crippen molar-refractivity contribution < 1.29 is 5.11 Å². The molecule has 96 valence electrons. The van der Waals surface area contributed by atoms with Crippen molar-refractivity contribution in [3.8, 4) is 5.75 Å². The molecule has 0 aliphatic carbocycles. The second-order valence-electron chi connectivity index (χ2n) is 4.57. The van der Waals surface area contributed by atoms with Crippen LogP contribution in [-0.2, 0) is 0 Å². The Morgan fingerprint density at radius 2 is 1.59 bits per heavy atom. The van der Waals surface area contributed by atoms with Gasteiger partial charge in [0, 0.05) is 6.54 Å². The predicted octanol–water partition coefficient (Wildman–Crippen LogP) is 4.55. The summed E-state index contributed by atoms with van der Waals surface area (Å²) in [5.74, 6) is 0.343. The summed E-state index contributed by atoms with van der Waals surface area (Å²) >= 11 is 0. The monoisotopic (exact) mass is 235 g/mol. The summed E-state index contributed by atoms with van der Waals surface area (Å²) in [4.78, 5) is 0. The minimum atomic E-state index is 0.343. The molecule has 0 saturated heterocycles. The number of para-hydroxylation sites is 2. The molecule has 2 heteroatoms. The van der Waals surface area contributed by atoms with Gasteiger partial charge in [-0.25, -0.2) is 0 Å². The third-order valence-electron chi connectivity index (χ3n) is 3.00. The third-order valence-corrected chi connectivity index (χ3v) is 3.00. The zero-order valence-electron chi connectivity index (χ0n) is 10.9. The van der Waals surface area contributed by atoms with Gasteiger partial charge in [0.2, 0.25) is 0 Å². The molecule has 1 rings (SSSR count). The molecule has 0 bridgehead atoms. The third kappa shape index (κ3) is 6.20. The molecule has 0 atom stereocenters. The molecular formula is C15H25NO. The van der Waals surface area contributed by atoms with E-state index in [-0.39, 0.29) is 0 Å². The van der Waals surface area contributed by atoms with Crippen LogP contribution in [0, 0.1) is 0 Å². The number of phenolic OH excluding ortho intramolecular Hbond substituents is 1. The first-order valence-electron chi connectivity index (χ1n) is 6.86. The van der Waals surface area contributed by atoms with Gasteiger partial charge in [-0.2, -0.15) is 0 Å². The van der Waals surface area contributed by atoms with Gasteiger partial charge in [-0.15, -0.1) is 0 Å². The van der Waals surface area contributed by atoms with Crippen molar-refractivity contribution in [1.29, 1.82) is 0 Å². The molecule has 17 heavy (non-hydrogen) atoms. The van der Waals surface area contributed by atoms with Gasteiger partial charge in [0.05, 0.1) is 5.69 Å². The minimum Gasteiger partial charge on any atom is -0.506 e. The second-order valence-corrected chi connectivity index (χ2v) is 4.57. The van der Waals surface area contributed by atoms with Crippen LogP contribution in [0.3, 0.4) is 0 Å². The maximum absolute atomic E-state index is 9.55. The van der Waals surface area contributed by atoms with E-state index in [1.165, 1.54) is 44.9 Å². The Hall–Kier alpha value is -1.18. The summed E-state index contributed by atoms with van der Waals surface area (Å²) in [5.41, 5.74) is 0.846. The van der Waals surface area contributed by atoms with Crippen LogP contribution in [0.15, 0.2) is 24.3 Å². The van der Waals surface area contributed by atoms with E-state index in [0.29, 0.717) is 5.75 Å². The molecule has 0 amide bonds. The molecule has 0 aromatic heterocycles. The molecule has 0 aliphatic heterocycles. The van der Waals surface area contributed by atoms with Gasteiger partial charge in [0.15, 0.2) is 0 Å². The Bertz CT molecular complexity index is 299. The first-order valence-corrected chi connectivity index (χ1v) is 6.86. The average molecular weight is 235 g/mol. The smallest absolute Gasteiger partial charge is 0.138 e. The maximum Gasteiger partial charge on any atom is 0.138 e. The maximum atomic E-state index is 9.55. The van der Waals surface area contributed by atoms with E-state index in [4.69, 9.17) is 0 Å². The van der Waals surface area contributed by atoms with Crippen LogP contribution in [0.5, 0.6) is 5.75 Å². The zero-order valence-corrected chi connectivity index (χ0v) is 10.9. The number of unbranched alkanes of at least 4 members (excludes halogenated alkanes) is 6. The van der Waals surface area contributed by atoms with E-state index in [2.05, 4.69) is 12.2 Å². The molecule has 0 unspecified atom stereocenters. The average Bonchev–Trinajstić information content (AvgIpc) is 2.35. The molecule has 0 fully saturated rings. The number of anilines is 1. The minimum absolute atomic E-state index is 0.343. The Balaban J connectivity index is 1.99. The number of phenols is 1. The van der Waals surface area contributed by atoms with E-state index >= 15 is 0 Å². The van der Waals surface area contributed by atoms with Crippen LogP contribution < -0.4 is 5.32 Å². The lowest BCUT2D eigenvalue weighted by Gasteiger charge is -2.07. The fraction of sp³-hybridized carbons (Fsp3) is 0.600. The van der Waals surface area contributed by atoms with Gasteiger partial charge in [-0.05, 0) is 18.6 Å². The van der Waals surface area contributed by atoms with Crippen LogP contribution in [0.2, 0.25) is 0 Å². The number of hydrogen-bond donors (Lipinski definition) is 2. The molecular weight excluding hydrogens is 210 g/mol. The van der Waals surface area contributed by atoms with Gasteiger partial charge in [-0.1, -0.05) is 57.6 Å². The predicted molar refractivity (Wildman–Crippen MR) is 74.6 cm³/mol.